The van der Waals surface area contributed by atoms with Crippen molar-refractivity contribution >= 4 is 15.9 Å². The molecule has 0 aliphatic carbocycles. The number of aryl methyl sites for hydroxylation is 1. The molecule has 14 heteroatoms. The summed E-state index contributed by atoms with van der Waals surface area (Å²) in [6, 6.07) is 18.3. The minimum Gasteiger partial charge on any atom is -0.440 e. The molecule has 0 aliphatic rings. The summed E-state index contributed by atoms with van der Waals surface area (Å²) in [7, 11) is -2.07. The molecule has 5 aromatic rings. The van der Waals surface area contributed by atoms with Crippen molar-refractivity contribution in [3.8, 4) is 51.0 Å². The summed E-state index contributed by atoms with van der Waals surface area (Å²) in [6.45, 7) is 1.62. The Labute approximate surface area is 243 Å². The molecule has 10 nitrogen and oxygen atoms in total. The largest absolute Gasteiger partial charge is 0.573 e. The van der Waals surface area contributed by atoms with E-state index >= 15 is 0 Å². The molecule has 3 aromatic carbocycles. The Morgan fingerprint density at radius 2 is 1.67 bits per heavy atom. The second-order valence-corrected chi connectivity index (χ2v) is 11.3. The molecule has 222 valence electrons. The minimum atomic E-state index is -4.84. The first-order valence-corrected chi connectivity index (χ1v) is 14.4. The standard InChI is InChI=1S/C29H23F3N4O6S/c1-17-34-26(18-7-10-21(11-8-18)42-29(30,31)32)27(40-17)23-16-20(19-5-4-6-22(15-19)43(3,38)39)9-12-24(23)36-14-13-25(35-36)41-28(37)33-2/h4-16H,1-3H3,(H,33,37). The maximum Gasteiger partial charge on any atom is 0.573 e. The Morgan fingerprint density at radius 3 is 2.35 bits per heavy atom. The molecule has 5 rings (SSSR count). The first kappa shape index (κ1) is 29.4. The molecule has 43 heavy (non-hydrogen) atoms. The molecule has 1 N–H and O–H groups in total. The smallest absolute Gasteiger partial charge is 0.440 e. The van der Waals surface area contributed by atoms with Gasteiger partial charge >= 0.3 is 12.5 Å². The highest BCUT2D eigenvalue weighted by Crippen LogP contribution is 2.39. The predicted octanol–water partition coefficient (Wildman–Crippen LogP) is 6.19. The van der Waals surface area contributed by atoms with Crippen LogP contribution < -0.4 is 14.8 Å². The van der Waals surface area contributed by atoms with Gasteiger partial charge in [-0.2, -0.15) is 0 Å². The number of halogens is 3. The number of amides is 1. The van der Waals surface area contributed by atoms with E-state index in [0.29, 0.717) is 33.6 Å². The van der Waals surface area contributed by atoms with E-state index in [2.05, 4.69) is 20.1 Å². The third kappa shape index (κ3) is 6.70. The Balaban J connectivity index is 1.66. The average molecular weight is 613 g/mol. The summed E-state index contributed by atoms with van der Waals surface area (Å²) >= 11 is 0. The van der Waals surface area contributed by atoms with Crippen molar-refractivity contribution in [2.45, 2.75) is 18.2 Å². The van der Waals surface area contributed by atoms with Gasteiger partial charge in [-0.3, -0.25) is 0 Å². The molecule has 0 fully saturated rings. The summed E-state index contributed by atoms with van der Waals surface area (Å²) in [4.78, 5) is 16.3. The average Bonchev–Trinajstić information content (AvgIpc) is 3.58. The lowest BCUT2D eigenvalue weighted by Crippen LogP contribution is -2.22. The number of carbonyl (C=O) groups excluding carboxylic acids is 1. The van der Waals surface area contributed by atoms with Crippen LogP contribution in [0.4, 0.5) is 18.0 Å². The van der Waals surface area contributed by atoms with Crippen LogP contribution >= 0.6 is 0 Å². The number of nitrogens with one attached hydrogen (secondary N) is 1. The predicted molar refractivity (Wildman–Crippen MR) is 150 cm³/mol. The van der Waals surface area contributed by atoms with Crippen molar-refractivity contribution in [3.05, 3.63) is 84.9 Å². The van der Waals surface area contributed by atoms with Crippen molar-refractivity contribution in [2.75, 3.05) is 13.3 Å². The SMILES string of the molecule is CNC(=O)Oc1ccn(-c2ccc(-c3cccc(S(C)(=O)=O)c3)cc2-c2oc(C)nc2-c2ccc(OC(F)(F)F)cc2)n1. The van der Waals surface area contributed by atoms with Gasteiger partial charge < -0.3 is 19.2 Å². The fourth-order valence-electron chi connectivity index (χ4n) is 4.27. The lowest BCUT2D eigenvalue weighted by molar-refractivity contribution is -0.274. The first-order valence-electron chi connectivity index (χ1n) is 12.5. The second kappa shape index (κ2) is 11.3. The number of sulfone groups is 1. The summed E-state index contributed by atoms with van der Waals surface area (Å²) in [6.07, 6.45) is -2.87. The van der Waals surface area contributed by atoms with E-state index in [0.717, 1.165) is 6.26 Å². The third-order valence-corrected chi connectivity index (χ3v) is 7.26. The third-order valence-electron chi connectivity index (χ3n) is 6.14. The van der Waals surface area contributed by atoms with Gasteiger partial charge in [0.25, 0.3) is 0 Å². The summed E-state index contributed by atoms with van der Waals surface area (Å²) in [5.41, 5.74) is 2.94. The molecule has 2 heterocycles. The van der Waals surface area contributed by atoms with Crippen molar-refractivity contribution in [3.63, 3.8) is 0 Å². The van der Waals surface area contributed by atoms with Gasteiger partial charge in [0.15, 0.2) is 21.5 Å². The van der Waals surface area contributed by atoms with Crippen LogP contribution in [0.1, 0.15) is 5.89 Å². The fourth-order valence-corrected chi connectivity index (χ4v) is 4.93. The number of benzene rings is 3. The van der Waals surface area contributed by atoms with Crippen LogP contribution in [0.2, 0.25) is 0 Å². The number of nitrogens with zero attached hydrogens (tertiary/aromatic N) is 3. The van der Waals surface area contributed by atoms with Crippen molar-refractivity contribution < 1.29 is 40.3 Å². The number of hydrogen-bond donors (Lipinski definition) is 1. The monoisotopic (exact) mass is 612 g/mol. The molecule has 1 amide bonds. The molecule has 0 aliphatic heterocycles. The number of carbonyl (C=O) groups is 1. The quantitative estimate of drug-likeness (QED) is 0.231. The van der Waals surface area contributed by atoms with Gasteiger partial charge in [-0.15, -0.1) is 18.3 Å². The molecular weight excluding hydrogens is 589 g/mol. The molecular formula is C29H23F3N4O6S. The van der Waals surface area contributed by atoms with Crippen molar-refractivity contribution in [1.29, 1.82) is 0 Å². The van der Waals surface area contributed by atoms with E-state index in [1.165, 1.54) is 48.1 Å². The van der Waals surface area contributed by atoms with Crippen LogP contribution in [-0.2, 0) is 9.84 Å². The molecule has 0 saturated carbocycles. The van der Waals surface area contributed by atoms with Crippen LogP contribution in [0.25, 0.3) is 39.4 Å². The molecule has 2 aromatic heterocycles. The minimum absolute atomic E-state index is 0.0180. The molecule has 0 spiro atoms. The van der Waals surface area contributed by atoms with Crippen LogP contribution in [0.5, 0.6) is 11.6 Å². The maximum absolute atomic E-state index is 12.7. The number of aromatic nitrogens is 3. The zero-order valence-electron chi connectivity index (χ0n) is 22.8. The highest BCUT2D eigenvalue weighted by atomic mass is 32.2. The van der Waals surface area contributed by atoms with Crippen LogP contribution in [-0.4, -0.2) is 48.9 Å². The Hall–Kier alpha value is -5.11. The van der Waals surface area contributed by atoms with Crippen molar-refractivity contribution in [1.82, 2.24) is 20.1 Å². The van der Waals surface area contributed by atoms with Gasteiger partial charge in [0.05, 0.1) is 10.6 Å². The number of ether oxygens (including phenoxy) is 2. The zero-order chi connectivity index (χ0) is 30.9. The van der Waals surface area contributed by atoms with E-state index in [9.17, 15) is 26.4 Å². The Morgan fingerprint density at radius 1 is 0.977 bits per heavy atom. The van der Waals surface area contributed by atoms with Crippen LogP contribution in [0, 0.1) is 6.92 Å². The molecule has 0 atom stereocenters. The summed E-state index contributed by atoms with van der Waals surface area (Å²) in [5.74, 6) is 0.165. The summed E-state index contributed by atoms with van der Waals surface area (Å²) in [5, 5.41) is 6.66. The van der Waals surface area contributed by atoms with Gasteiger partial charge in [-0.05, 0) is 59.7 Å². The van der Waals surface area contributed by atoms with Crippen LogP contribution in [0.15, 0.2) is 88.3 Å². The van der Waals surface area contributed by atoms with E-state index < -0.39 is 28.0 Å². The first-order chi connectivity index (χ1) is 20.3. The van der Waals surface area contributed by atoms with E-state index in [4.69, 9.17) is 9.15 Å². The molecule has 0 bridgehead atoms. The Bertz CT molecular complexity index is 1920. The lowest BCUT2D eigenvalue weighted by Gasteiger charge is -2.13. The van der Waals surface area contributed by atoms with E-state index in [1.807, 2.05) is 0 Å². The van der Waals surface area contributed by atoms with Gasteiger partial charge in [0.2, 0.25) is 5.88 Å². The van der Waals surface area contributed by atoms with Gasteiger partial charge in [0, 0.05) is 43.6 Å². The Kier molecular flexibility index (Phi) is 7.71. The van der Waals surface area contributed by atoms with Gasteiger partial charge in [0.1, 0.15) is 11.4 Å². The normalized spacial score (nSPS) is 11.8. The second-order valence-electron chi connectivity index (χ2n) is 9.25. The number of rotatable bonds is 7. The number of alkyl halides is 3. The van der Waals surface area contributed by atoms with Crippen molar-refractivity contribution in [2.24, 2.45) is 0 Å². The zero-order valence-corrected chi connectivity index (χ0v) is 23.7. The van der Waals surface area contributed by atoms with Crippen LogP contribution in [0.3, 0.4) is 0 Å². The highest BCUT2D eigenvalue weighted by Gasteiger charge is 2.31. The number of hydrogen-bond acceptors (Lipinski definition) is 8. The molecule has 0 unspecified atom stereocenters. The molecule has 0 saturated heterocycles. The highest BCUT2D eigenvalue weighted by molar-refractivity contribution is 7.90. The molecule has 0 radical (unpaired) electrons. The van der Waals surface area contributed by atoms with Gasteiger partial charge in [-0.1, -0.05) is 18.2 Å². The van der Waals surface area contributed by atoms with E-state index in [-0.39, 0.29) is 22.4 Å². The van der Waals surface area contributed by atoms with Gasteiger partial charge in [-0.25, -0.2) is 22.9 Å². The lowest BCUT2D eigenvalue weighted by atomic mass is 9.98. The maximum atomic E-state index is 12.7. The van der Waals surface area contributed by atoms with E-state index in [1.54, 1.807) is 49.5 Å². The summed E-state index contributed by atoms with van der Waals surface area (Å²) < 4.78 is 79.1. The topological polar surface area (TPSA) is 126 Å². The number of oxazole rings is 1. The fraction of sp³-hybridized carbons (Fsp3) is 0.138.